The minimum absolute atomic E-state index is 0.0287. The van der Waals surface area contributed by atoms with Crippen molar-refractivity contribution in [1.82, 2.24) is 0 Å². The highest BCUT2D eigenvalue weighted by molar-refractivity contribution is 5.56. The predicted octanol–water partition coefficient (Wildman–Crippen LogP) is -5.55. The van der Waals surface area contributed by atoms with Gasteiger partial charge in [-0.05, 0) is 0 Å². The first-order valence-corrected chi connectivity index (χ1v) is 6.84. The van der Waals surface area contributed by atoms with Crippen molar-refractivity contribution in [3.8, 4) is 0 Å². The van der Waals surface area contributed by atoms with E-state index in [1.165, 1.54) is 0 Å². The number of aldehydes is 1. The lowest BCUT2D eigenvalue weighted by Gasteiger charge is -2.40. The van der Waals surface area contributed by atoms with Gasteiger partial charge in [-0.15, -0.1) is 0 Å². The summed E-state index contributed by atoms with van der Waals surface area (Å²) < 4.78 is 9.94. The molecule has 11 nitrogen and oxygen atoms in total. The van der Waals surface area contributed by atoms with Gasteiger partial charge in [0.05, 0.1) is 13.2 Å². The molecule has 0 radical (unpaired) electrons. The molecule has 11 heteroatoms. The van der Waals surface area contributed by atoms with Gasteiger partial charge in [0.1, 0.15) is 48.8 Å². The van der Waals surface area contributed by atoms with Crippen molar-refractivity contribution in [2.75, 3.05) is 13.2 Å². The number of hydrogen-bond acceptors (Lipinski definition) is 11. The Balaban J connectivity index is 2.57. The number of aliphatic hydroxyl groups excluding tert-OH is 8. The van der Waals surface area contributed by atoms with Crippen molar-refractivity contribution in [2.45, 2.75) is 55.1 Å². The van der Waals surface area contributed by atoms with E-state index in [0.717, 1.165) is 0 Å². The highest BCUT2D eigenvalue weighted by atomic mass is 16.7. The maximum Gasteiger partial charge on any atom is 0.186 e. The van der Waals surface area contributed by atoms with Crippen LogP contribution in [0.4, 0.5) is 0 Å². The molecule has 0 aromatic heterocycles. The van der Waals surface area contributed by atoms with Crippen LogP contribution in [0.15, 0.2) is 0 Å². The summed E-state index contributed by atoms with van der Waals surface area (Å²) in [4.78, 5) is 10.3. The van der Waals surface area contributed by atoms with E-state index in [9.17, 15) is 35.4 Å². The summed E-state index contributed by atoms with van der Waals surface area (Å²) in [6.45, 7) is -1.37. The molecule has 1 fully saturated rings. The second-order valence-electron chi connectivity index (χ2n) is 5.21. The van der Waals surface area contributed by atoms with Gasteiger partial charge in [-0.1, -0.05) is 0 Å². The van der Waals surface area contributed by atoms with Crippen LogP contribution in [-0.4, -0.2) is 115 Å². The van der Waals surface area contributed by atoms with Crippen molar-refractivity contribution in [3.05, 3.63) is 0 Å². The normalized spacial score (nSPS) is 37.0. The molecule has 1 saturated heterocycles. The minimum Gasteiger partial charge on any atom is -0.394 e. The molecule has 0 aromatic carbocycles. The van der Waals surface area contributed by atoms with E-state index in [2.05, 4.69) is 0 Å². The van der Waals surface area contributed by atoms with Crippen molar-refractivity contribution in [1.29, 1.82) is 0 Å². The van der Waals surface area contributed by atoms with E-state index in [4.69, 9.17) is 19.7 Å². The second-order valence-corrected chi connectivity index (χ2v) is 5.21. The van der Waals surface area contributed by atoms with Crippen LogP contribution in [0.3, 0.4) is 0 Å². The Morgan fingerprint density at radius 3 is 2.13 bits per heavy atom. The molecule has 0 aromatic rings. The van der Waals surface area contributed by atoms with Crippen LogP contribution in [0.2, 0.25) is 0 Å². The van der Waals surface area contributed by atoms with Gasteiger partial charge in [-0.2, -0.15) is 0 Å². The van der Waals surface area contributed by atoms with E-state index in [1.54, 1.807) is 0 Å². The Bertz CT molecular complexity index is 365. The van der Waals surface area contributed by atoms with Gasteiger partial charge in [0.25, 0.3) is 0 Å². The third kappa shape index (κ3) is 4.87. The van der Waals surface area contributed by atoms with Crippen LogP contribution in [0.25, 0.3) is 0 Å². The molecule has 1 aliphatic rings. The number of ether oxygens (including phenoxy) is 2. The van der Waals surface area contributed by atoms with Crippen LogP contribution < -0.4 is 0 Å². The van der Waals surface area contributed by atoms with Crippen LogP contribution in [0.5, 0.6) is 0 Å². The fraction of sp³-hybridized carbons (Fsp3) is 0.917. The van der Waals surface area contributed by atoms with Crippen LogP contribution in [0.1, 0.15) is 0 Å². The number of rotatable bonds is 8. The van der Waals surface area contributed by atoms with E-state index >= 15 is 0 Å². The van der Waals surface area contributed by atoms with Crippen LogP contribution in [0, 0.1) is 0 Å². The molecule has 0 amide bonds. The maximum atomic E-state index is 10.3. The SMILES string of the molecule is O=C[C@H](O)[C@@H](O)[C@@H](O)[C@@H](O)CO[C@@H]1O[C@H](CO)[C@@H](O)[C@@H](O)[C@H]1O. The average Bonchev–Trinajstić information content (AvgIpc) is 2.56. The van der Waals surface area contributed by atoms with Gasteiger partial charge in [0.2, 0.25) is 0 Å². The Hall–Kier alpha value is -0.730. The van der Waals surface area contributed by atoms with E-state index in [0.29, 0.717) is 0 Å². The number of hydrogen-bond donors (Lipinski definition) is 8. The monoisotopic (exact) mass is 342 g/mol. The molecule has 0 bridgehead atoms. The standard InChI is InChI=1S/C12H22O11/c13-1-4(15)7(17)8(18)5(16)3-22-12-11(21)10(20)9(19)6(2-14)23-12/h1,4-12,14-21H,2-3H2/t4-,5-,6+,7+,8-,9+,10+,11+,12+/m0/s1. The zero-order chi connectivity index (χ0) is 17.7. The first-order valence-electron chi connectivity index (χ1n) is 6.84. The summed E-state index contributed by atoms with van der Waals surface area (Å²) in [5.74, 6) is 0. The molecule has 1 aliphatic heterocycles. The summed E-state index contributed by atoms with van der Waals surface area (Å²) >= 11 is 0. The molecule has 1 rings (SSSR count). The molecule has 0 spiro atoms. The maximum absolute atomic E-state index is 10.3. The minimum atomic E-state index is -1.96. The quantitative estimate of drug-likeness (QED) is 0.196. The summed E-state index contributed by atoms with van der Waals surface area (Å²) in [7, 11) is 0. The summed E-state index contributed by atoms with van der Waals surface area (Å²) in [5, 5.41) is 75.4. The topological polar surface area (TPSA) is 197 Å². The molecule has 0 unspecified atom stereocenters. The van der Waals surface area contributed by atoms with Crippen LogP contribution in [-0.2, 0) is 14.3 Å². The Morgan fingerprint density at radius 1 is 1.00 bits per heavy atom. The lowest BCUT2D eigenvalue weighted by molar-refractivity contribution is -0.306. The molecule has 1 heterocycles. The largest absolute Gasteiger partial charge is 0.394 e. The van der Waals surface area contributed by atoms with Crippen molar-refractivity contribution in [3.63, 3.8) is 0 Å². The van der Waals surface area contributed by atoms with E-state index in [-0.39, 0.29) is 6.29 Å². The lowest BCUT2D eigenvalue weighted by Crippen LogP contribution is -2.59. The number of carbonyl (C=O) groups is 1. The Morgan fingerprint density at radius 2 is 1.61 bits per heavy atom. The molecule has 23 heavy (non-hydrogen) atoms. The van der Waals surface area contributed by atoms with Gasteiger partial charge < -0.3 is 55.1 Å². The fourth-order valence-corrected chi connectivity index (χ4v) is 2.01. The zero-order valence-electron chi connectivity index (χ0n) is 12.0. The van der Waals surface area contributed by atoms with Gasteiger partial charge in [0, 0.05) is 0 Å². The predicted molar refractivity (Wildman–Crippen MR) is 69.8 cm³/mol. The summed E-state index contributed by atoms with van der Waals surface area (Å²) in [6, 6.07) is 0. The van der Waals surface area contributed by atoms with Crippen LogP contribution >= 0.6 is 0 Å². The van der Waals surface area contributed by atoms with Crippen molar-refractivity contribution in [2.24, 2.45) is 0 Å². The molecule has 0 saturated carbocycles. The molecule has 0 aliphatic carbocycles. The first kappa shape index (κ1) is 20.3. The molecular weight excluding hydrogens is 320 g/mol. The molecule has 136 valence electrons. The van der Waals surface area contributed by atoms with Gasteiger partial charge in [-0.25, -0.2) is 0 Å². The van der Waals surface area contributed by atoms with Gasteiger partial charge >= 0.3 is 0 Å². The van der Waals surface area contributed by atoms with E-state index < -0.39 is 68.3 Å². The van der Waals surface area contributed by atoms with Crippen molar-refractivity contribution < 1.29 is 55.1 Å². The lowest BCUT2D eigenvalue weighted by atomic mass is 9.99. The molecule has 8 N–H and O–H groups in total. The second kappa shape index (κ2) is 8.94. The number of aliphatic hydroxyl groups is 8. The molecule has 9 atom stereocenters. The highest BCUT2D eigenvalue weighted by Crippen LogP contribution is 2.22. The number of carbonyl (C=O) groups excluding carboxylic acids is 1. The Labute approximate surface area is 130 Å². The third-order valence-corrected chi connectivity index (χ3v) is 3.51. The summed E-state index contributed by atoms with van der Waals surface area (Å²) in [6.07, 6.45) is -15.3. The zero-order valence-corrected chi connectivity index (χ0v) is 12.0. The van der Waals surface area contributed by atoms with E-state index in [1.807, 2.05) is 0 Å². The molecular formula is C12H22O11. The average molecular weight is 342 g/mol. The first-order chi connectivity index (χ1) is 10.7. The van der Waals surface area contributed by atoms with Crippen molar-refractivity contribution >= 4 is 6.29 Å². The highest BCUT2D eigenvalue weighted by Gasteiger charge is 2.44. The van der Waals surface area contributed by atoms with Gasteiger partial charge in [-0.3, -0.25) is 0 Å². The fourth-order valence-electron chi connectivity index (χ4n) is 2.01. The summed E-state index contributed by atoms with van der Waals surface area (Å²) in [5.41, 5.74) is 0. The third-order valence-electron chi connectivity index (χ3n) is 3.51. The smallest absolute Gasteiger partial charge is 0.186 e. The van der Waals surface area contributed by atoms with Gasteiger partial charge in [0.15, 0.2) is 12.6 Å². The Kier molecular flexibility index (Phi) is 7.89.